The Bertz CT molecular complexity index is 3790. The average Bonchev–Trinajstić information content (AvgIpc) is 3.48. The minimum Gasteiger partial charge on any atom is -0.256 e. The monoisotopic (exact) mass is 922 g/mol. The predicted octanol–water partition coefficient (Wildman–Crippen LogP) is 15.2. The number of rotatable bonds is 11. The Kier molecular flexibility index (Phi) is 11.8. The molecule has 0 atom stereocenters. The topological polar surface area (TPSA) is 103 Å². The molecule has 0 N–H and O–H groups in total. The van der Waals surface area contributed by atoms with Gasteiger partial charge >= 0.3 is 0 Å². The van der Waals surface area contributed by atoms with Crippen LogP contribution in [-0.4, -0.2) is 39.9 Å². The van der Waals surface area contributed by atoms with Crippen molar-refractivity contribution in [1.82, 2.24) is 39.9 Å². The van der Waals surface area contributed by atoms with Crippen LogP contribution in [0.4, 0.5) is 0 Å². The van der Waals surface area contributed by atoms with E-state index in [2.05, 4.69) is 126 Å². The number of hydrogen-bond donors (Lipinski definition) is 0. The van der Waals surface area contributed by atoms with Gasteiger partial charge in [0.05, 0.1) is 11.4 Å². The molecule has 8 heteroatoms. The van der Waals surface area contributed by atoms with Crippen molar-refractivity contribution in [3.05, 3.63) is 255 Å². The molecule has 0 radical (unpaired) electrons. The minimum absolute atomic E-state index is 0.574. The van der Waals surface area contributed by atoms with Crippen LogP contribution in [0, 0.1) is 0 Å². The first-order valence-corrected chi connectivity index (χ1v) is 23.7. The van der Waals surface area contributed by atoms with Crippen LogP contribution in [0.3, 0.4) is 0 Å². The van der Waals surface area contributed by atoms with Crippen molar-refractivity contribution in [2.75, 3.05) is 0 Å². The molecule has 4 aromatic heterocycles. The lowest BCUT2D eigenvalue weighted by Gasteiger charge is -2.11. The number of hydrogen-bond acceptors (Lipinski definition) is 8. The second kappa shape index (κ2) is 19.6. The van der Waals surface area contributed by atoms with Crippen LogP contribution >= 0.6 is 0 Å². The van der Waals surface area contributed by atoms with Gasteiger partial charge in [-0.1, -0.05) is 194 Å². The van der Waals surface area contributed by atoms with Gasteiger partial charge in [0.15, 0.2) is 34.9 Å². The molecule has 0 unspecified atom stereocenters. The number of pyridine rings is 2. The standard InChI is InChI=1S/C64H42N8/c1-4-17-43(18-5-1)59-67-60(44-19-6-2-7-20-44)69-62(68-59)53-30-14-25-48(39-53)46-23-12-27-50(37-46)56-34-35-58(66-42-56)52-29-16-32-55(41-52)64-71-61(45-21-8-3-9-22-45)70-63(72-64)54-31-15-26-49(40-54)47-24-13-28-51(38-47)57-33-10-11-36-65-57/h1-42H. The van der Waals surface area contributed by atoms with Crippen molar-refractivity contribution < 1.29 is 0 Å². The Balaban J connectivity index is 0.832. The third-order valence-electron chi connectivity index (χ3n) is 12.5. The first-order chi connectivity index (χ1) is 35.6. The Morgan fingerprint density at radius 2 is 0.472 bits per heavy atom. The van der Waals surface area contributed by atoms with Gasteiger partial charge in [-0.3, -0.25) is 9.97 Å². The van der Waals surface area contributed by atoms with E-state index in [9.17, 15) is 0 Å². The predicted molar refractivity (Wildman–Crippen MR) is 289 cm³/mol. The molecule has 4 heterocycles. The first kappa shape index (κ1) is 43.4. The lowest BCUT2D eigenvalue weighted by Crippen LogP contribution is -2.00. The molecule has 0 saturated heterocycles. The van der Waals surface area contributed by atoms with E-state index in [-0.39, 0.29) is 0 Å². The Labute approximate surface area is 417 Å². The summed E-state index contributed by atoms with van der Waals surface area (Å²) in [6, 6.07) is 82.2. The molecule has 12 rings (SSSR count). The molecule has 0 amide bonds. The van der Waals surface area contributed by atoms with E-state index in [0.717, 1.165) is 89.3 Å². The highest BCUT2D eigenvalue weighted by atomic mass is 15.0. The van der Waals surface area contributed by atoms with E-state index in [0.29, 0.717) is 34.9 Å². The highest BCUT2D eigenvalue weighted by Gasteiger charge is 2.16. The molecule has 8 aromatic carbocycles. The SMILES string of the molecule is c1ccc(-c2nc(-c3ccccc3)nc(-c3cccc(-c4cccc(-c5ccc(-c6cccc(-c7nc(-c8ccccc8)nc(-c8cccc(-c9cccc(-c%10ccccn%10)c9)c8)n7)c6)nc5)c4)c3)n2)cc1. The minimum atomic E-state index is 0.574. The quantitative estimate of drug-likeness (QED) is 0.126. The summed E-state index contributed by atoms with van der Waals surface area (Å²) in [5.41, 5.74) is 15.5. The zero-order chi connectivity index (χ0) is 48.1. The van der Waals surface area contributed by atoms with Gasteiger partial charge < -0.3 is 0 Å². The summed E-state index contributed by atoms with van der Waals surface area (Å²) in [4.78, 5) is 39.6. The van der Waals surface area contributed by atoms with E-state index < -0.39 is 0 Å². The van der Waals surface area contributed by atoms with Crippen LogP contribution in [0.1, 0.15) is 0 Å². The molecular formula is C64H42N8. The summed E-state index contributed by atoms with van der Waals surface area (Å²) in [7, 11) is 0. The highest BCUT2D eigenvalue weighted by molar-refractivity contribution is 5.79. The van der Waals surface area contributed by atoms with Crippen molar-refractivity contribution in [3.8, 4) is 124 Å². The van der Waals surface area contributed by atoms with E-state index in [4.69, 9.17) is 34.9 Å². The summed E-state index contributed by atoms with van der Waals surface area (Å²) in [6.07, 6.45) is 3.76. The van der Waals surface area contributed by atoms with Gasteiger partial charge in [0, 0.05) is 62.5 Å². The molecule has 12 aromatic rings. The molecule has 0 spiro atoms. The van der Waals surface area contributed by atoms with Gasteiger partial charge in [-0.05, 0) is 76.3 Å². The van der Waals surface area contributed by atoms with E-state index >= 15 is 0 Å². The second-order valence-electron chi connectivity index (χ2n) is 17.3. The van der Waals surface area contributed by atoms with E-state index in [1.165, 1.54) is 0 Å². The molecule has 0 aliphatic rings. The molecule has 0 saturated carbocycles. The van der Waals surface area contributed by atoms with Crippen molar-refractivity contribution >= 4 is 0 Å². The van der Waals surface area contributed by atoms with E-state index in [1.807, 2.05) is 134 Å². The fraction of sp³-hybridized carbons (Fsp3) is 0. The Morgan fingerprint density at radius 1 is 0.181 bits per heavy atom. The first-order valence-electron chi connectivity index (χ1n) is 23.7. The van der Waals surface area contributed by atoms with Crippen molar-refractivity contribution in [1.29, 1.82) is 0 Å². The van der Waals surface area contributed by atoms with Crippen LogP contribution in [0.5, 0.6) is 0 Å². The Hall–Kier alpha value is -9.92. The van der Waals surface area contributed by atoms with Crippen LogP contribution in [0.2, 0.25) is 0 Å². The zero-order valence-corrected chi connectivity index (χ0v) is 38.8. The molecule has 72 heavy (non-hydrogen) atoms. The summed E-state index contributed by atoms with van der Waals surface area (Å²) in [5.74, 6) is 3.63. The van der Waals surface area contributed by atoms with E-state index in [1.54, 1.807) is 0 Å². The highest BCUT2D eigenvalue weighted by Crippen LogP contribution is 2.34. The normalized spacial score (nSPS) is 11.1. The fourth-order valence-corrected chi connectivity index (χ4v) is 8.79. The van der Waals surface area contributed by atoms with Crippen LogP contribution < -0.4 is 0 Å². The number of aromatic nitrogens is 8. The van der Waals surface area contributed by atoms with Gasteiger partial charge in [0.25, 0.3) is 0 Å². The summed E-state index contributed by atoms with van der Waals surface area (Å²) >= 11 is 0. The van der Waals surface area contributed by atoms with Crippen LogP contribution in [0.25, 0.3) is 124 Å². The smallest absolute Gasteiger partial charge is 0.164 e. The van der Waals surface area contributed by atoms with Crippen molar-refractivity contribution in [3.63, 3.8) is 0 Å². The molecule has 8 nitrogen and oxygen atoms in total. The average molecular weight is 923 g/mol. The summed E-state index contributed by atoms with van der Waals surface area (Å²) in [6.45, 7) is 0. The lowest BCUT2D eigenvalue weighted by molar-refractivity contribution is 1.07. The lowest BCUT2D eigenvalue weighted by atomic mass is 9.98. The second-order valence-corrected chi connectivity index (χ2v) is 17.3. The summed E-state index contributed by atoms with van der Waals surface area (Å²) in [5, 5.41) is 0. The molecule has 338 valence electrons. The van der Waals surface area contributed by atoms with Crippen LogP contribution in [-0.2, 0) is 0 Å². The molecule has 0 aliphatic heterocycles. The Morgan fingerprint density at radius 3 is 0.847 bits per heavy atom. The fourth-order valence-electron chi connectivity index (χ4n) is 8.79. The molecule has 0 bridgehead atoms. The van der Waals surface area contributed by atoms with Crippen LogP contribution in [0.15, 0.2) is 255 Å². The van der Waals surface area contributed by atoms with Gasteiger partial charge in [-0.25, -0.2) is 29.9 Å². The molecule has 0 fully saturated rings. The number of nitrogens with zero attached hydrogens (tertiary/aromatic N) is 8. The molecule has 0 aliphatic carbocycles. The van der Waals surface area contributed by atoms with Gasteiger partial charge in [0.1, 0.15) is 0 Å². The van der Waals surface area contributed by atoms with Crippen molar-refractivity contribution in [2.45, 2.75) is 0 Å². The van der Waals surface area contributed by atoms with Gasteiger partial charge in [-0.2, -0.15) is 0 Å². The van der Waals surface area contributed by atoms with Gasteiger partial charge in [-0.15, -0.1) is 0 Å². The maximum atomic E-state index is 5.11. The maximum absolute atomic E-state index is 5.11. The summed E-state index contributed by atoms with van der Waals surface area (Å²) < 4.78 is 0. The van der Waals surface area contributed by atoms with Crippen molar-refractivity contribution in [2.24, 2.45) is 0 Å². The van der Waals surface area contributed by atoms with Gasteiger partial charge in [0.2, 0.25) is 0 Å². The molecular weight excluding hydrogens is 881 g/mol. The third kappa shape index (κ3) is 9.31. The largest absolute Gasteiger partial charge is 0.256 e. The zero-order valence-electron chi connectivity index (χ0n) is 38.8. The maximum Gasteiger partial charge on any atom is 0.164 e. The number of benzene rings is 8. The third-order valence-corrected chi connectivity index (χ3v) is 12.5.